The van der Waals surface area contributed by atoms with Crippen molar-refractivity contribution in [2.45, 2.75) is 39.0 Å². The van der Waals surface area contributed by atoms with Crippen LogP contribution in [-0.2, 0) is 29.2 Å². The third kappa shape index (κ3) is 4.41. The Morgan fingerprint density at radius 1 is 1.18 bits per heavy atom. The first kappa shape index (κ1) is 23.5. The van der Waals surface area contributed by atoms with Crippen LogP contribution in [0.3, 0.4) is 0 Å². The smallest absolute Gasteiger partial charge is 0.359 e. The molecule has 1 atom stereocenters. The van der Waals surface area contributed by atoms with Crippen molar-refractivity contribution in [2.24, 2.45) is 0 Å². The standard InChI is InChI=1S/C25H25ClN4O4/c1-16-7-9-17(10-8-16)12-27-24(33)25(2)14-29-15-28-20(23(32)34-3)21(29)22(31)30(25)13-18-5-4-6-19(26)11-18/h4-11,15H,12-14H2,1-3H3,(H,27,33). The highest BCUT2D eigenvalue weighted by atomic mass is 35.5. The number of hydrogen-bond donors (Lipinski definition) is 1. The van der Waals surface area contributed by atoms with Crippen molar-refractivity contribution in [3.05, 3.63) is 88.0 Å². The first-order valence-electron chi connectivity index (χ1n) is 10.8. The van der Waals surface area contributed by atoms with E-state index in [9.17, 15) is 14.4 Å². The molecule has 0 saturated heterocycles. The number of imidazole rings is 1. The molecule has 0 aliphatic carbocycles. The summed E-state index contributed by atoms with van der Waals surface area (Å²) in [7, 11) is 1.23. The Bertz CT molecular complexity index is 1250. The molecule has 2 aromatic carbocycles. The first-order valence-corrected chi connectivity index (χ1v) is 11.1. The summed E-state index contributed by atoms with van der Waals surface area (Å²) in [5.74, 6) is -1.52. The fourth-order valence-electron chi connectivity index (χ4n) is 4.08. The number of halogens is 1. The van der Waals surface area contributed by atoms with Gasteiger partial charge in [-0.15, -0.1) is 0 Å². The molecule has 1 unspecified atom stereocenters. The molecule has 9 heteroatoms. The minimum atomic E-state index is -1.24. The van der Waals surface area contributed by atoms with Gasteiger partial charge in [-0.2, -0.15) is 0 Å². The van der Waals surface area contributed by atoms with Gasteiger partial charge < -0.3 is 19.5 Å². The number of ether oxygens (including phenoxy) is 1. The minimum absolute atomic E-state index is 0.0780. The van der Waals surface area contributed by atoms with E-state index >= 15 is 0 Å². The van der Waals surface area contributed by atoms with Gasteiger partial charge in [0.2, 0.25) is 5.91 Å². The highest BCUT2D eigenvalue weighted by Crippen LogP contribution is 2.31. The van der Waals surface area contributed by atoms with Crippen molar-refractivity contribution in [2.75, 3.05) is 7.11 Å². The number of nitrogens with one attached hydrogen (secondary N) is 1. The summed E-state index contributed by atoms with van der Waals surface area (Å²) in [6, 6.07) is 14.9. The number of aryl methyl sites for hydroxylation is 1. The van der Waals surface area contributed by atoms with Crippen LogP contribution >= 0.6 is 11.6 Å². The van der Waals surface area contributed by atoms with Gasteiger partial charge in [-0.25, -0.2) is 9.78 Å². The molecule has 8 nitrogen and oxygen atoms in total. The summed E-state index contributed by atoms with van der Waals surface area (Å²) >= 11 is 6.15. The van der Waals surface area contributed by atoms with E-state index in [2.05, 4.69) is 10.3 Å². The van der Waals surface area contributed by atoms with Crippen molar-refractivity contribution in [3.63, 3.8) is 0 Å². The summed E-state index contributed by atoms with van der Waals surface area (Å²) in [5.41, 5.74) is 1.60. The van der Waals surface area contributed by atoms with Gasteiger partial charge in [0.05, 0.1) is 20.0 Å². The average Bonchev–Trinajstić information content (AvgIpc) is 3.24. The summed E-state index contributed by atoms with van der Waals surface area (Å²) in [6.45, 7) is 4.27. The molecular weight excluding hydrogens is 456 g/mol. The molecule has 0 radical (unpaired) electrons. The SMILES string of the molecule is COC(=O)c1ncn2c1C(=O)N(Cc1cccc(Cl)c1)C(C)(C(=O)NCc1ccc(C)cc1)C2. The maximum Gasteiger partial charge on any atom is 0.359 e. The van der Waals surface area contributed by atoms with Crippen LogP contribution in [0, 0.1) is 6.92 Å². The number of hydrogen-bond acceptors (Lipinski definition) is 5. The maximum atomic E-state index is 13.7. The quantitative estimate of drug-likeness (QED) is 0.546. The van der Waals surface area contributed by atoms with Crippen LogP contribution in [0.4, 0.5) is 0 Å². The Kier molecular flexibility index (Phi) is 6.43. The Morgan fingerprint density at radius 3 is 2.59 bits per heavy atom. The van der Waals surface area contributed by atoms with Gasteiger partial charge in [0.15, 0.2) is 5.69 Å². The van der Waals surface area contributed by atoms with Gasteiger partial charge in [0.1, 0.15) is 11.2 Å². The molecule has 34 heavy (non-hydrogen) atoms. The number of benzene rings is 2. The van der Waals surface area contributed by atoms with E-state index in [0.29, 0.717) is 11.6 Å². The van der Waals surface area contributed by atoms with Gasteiger partial charge in [-0.05, 0) is 37.1 Å². The fourth-order valence-corrected chi connectivity index (χ4v) is 4.29. The van der Waals surface area contributed by atoms with Crippen LogP contribution < -0.4 is 5.32 Å². The average molecular weight is 481 g/mol. The molecule has 1 aliphatic rings. The van der Waals surface area contributed by atoms with Crippen LogP contribution in [0.15, 0.2) is 54.9 Å². The molecule has 2 amide bonds. The molecule has 2 heterocycles. The Hall–Kier alpha value is -3.65. The molecule has 1 N–H and O–H groups in total. The molecule has 0 saturated carbocycles. The van der Waals surface area contributed by atoms with E-state index in [0.717, 1.165) is 16.7 Å². The molecule has 176 valence electrons. The third-order valence-electron chi connectivity index (χ3n) is 6.03. The lowest BCUT2D eigenvalue weighted by Gasteiger charge is -2.43. The second-order valence-corrected chi connectivity index (χ2v) is 8.96. The zero-order chi connectivity index (χ0) is 24.5. The number of fused-ring (bicyclic) bond motifs is 1. The Morgan fingerprint density at radius 2 is 1.91 bits per heavy atom. The highest BCUT2D eigenvalue weighted by Gasteiger charge is 2.48. The van der Waals surface area contributed by atoms with E-state index in [4.69, 9.17) is 16.3 Å². The minimum Gasteiger partial charge on any atom is -0.464 e. The Balaban J connectivity index is 1.69. The van der Waals surface area contributed by atoms with Crippen LogP contribution in [0.1, 0.15) is 44.6 Å². The number of methoxy groups -OCH3 is 1. The molecule has 0 spiro atoms. The van der Waals surface area contributed by atoms with Gasteiger partial charge >= 0.3 is 5.97 Å². The predicted octanol–water partition coefficient (Wildman–Crippen LogP) is 3.36. The number of amides is 2. The van der Waals surface area contributed by atoms with E-state index in [-0.39, 0.29) is 30.4 Å². The van der Waals surface area contributed by atoms with E-state index < -0.39 is 17.4 Å². The van der Waals surface area contributed by atoms with Crippen LogP contribution in [0.5, 0.6) is 0 Å². The summed E-state index contributed by atoms with van der Waals surface area (Å²) < 4.78 is 6.33. The lowest BCUT2D eigenvalue weighted by molar-refractivity contribution is -0.133. The van der Waals surface area contributed by atoms with Crippen LogP contribution in [0.2, 0.25) is 5.02 Å². The number of aromatic nitrogens is 2. The largest absolute Gasteiger partial charge is 0.464 e. The van der Waals surface area contributed by atoms with E-state index in [1.54, 1.807) is 25.1 Å². The molecule has 1 aromatic heterocycles. The third-order valence-corrected chi connectivity index (χ3v) is 6.27. The zero-order valence-corrected chi connectivity index (χ0v) is 19.9. The molecule has 0 fully saturated rings. The summed E-state index contributed by atoms with van der Waals surface area (Å²) in [5, 5.41) is 3.48. The first-order chi connectivity index (χ1) is 16.2. The highest BCUT2D eigenvalue weighted by molar-refractivity contribution is 6.30. The van der Waals surface area contributed by atoms with Gasteiger partial charge in [0, 0.05) is 18.1 Å². The van der Waals surface area contributed by atoms with Gasteiger partial charge in [-0.1, -0.05) is 53.6 Å². The summed E-state index contributed by atoms with van der Waals surface area (Å²) in [4.78, 5) is 45.0. The topological polar surface area (TPSA) is 93.5 Å². The zero-order valence-electron chi connectivity index (χ0n) is 19.2. The number of carbonyl (C=O) groups is 3. The van der Waals surface area contributed by atoms with Gasteiger partial charge in [0.25, 0.3) is 5.91 Å². The lowest BCUT2D eigenvalue weighted by Crippen LogP contribution is -2.63. The number of esters is 1. The monoisotopic (exact) mass is 480 g/mol. The second kappa shape index (κ2) is 9.30. The maximum absolute atomic E-state index is 13.7. The molecule has 3 aromatic rings. The lowest BCUT2D eigenvalue weighted by atomic mass is 9.93. The van der Waals surface area contributed by atoms with Crippen molar-refractivity contribution >= 4 is 29.4 Å². The molecule has 1 aliphatic heterocycles. The molecule has 4 rings (SSSR count). The number of nitrogens with zero attached hydrogens (tertiary/aromatic N) is 3. The second-order valence-electron chi connectivity index (χ2n) is 8.52. The summed E-state index contributed by atoms with van der Waals surface area (Å²) in [6.07, 6.45) is 1.39. The van der Waals surface area contributed by atoms with Crippen LogP contribution in [-0.4, -0.2) is 44.9 Å². The predicted molar refractivity (Wildman–Crippen MR) is 126 cm³/mol. The van der Waals surface area contributed by atoms with E-state index in [1.165, 1.54) is 22.9 Å². The van der Waals surface area contributed by atoms with Gasteiger partial charge in [-0.3, -0.25) is 9.59 Å². The van der Waals surface area contributed by atoms with Crippen molar-refractivity contribution in [1.29, 1.82) is 0 Å². The number of rotatable bonds is 6. The van der Waals surface area contributed by atoms with E-state index in [1.807, 2.05) is 37.3 Å². The normalized spacial score (nSPS) is 17.3. The molecule has 0 bridgehead atoms. The fraction of sp³-hybridized carbons (Fsp3) is 0.280. The van der Waals surface area contributed by atoms with Crippen LogP contribution in [0.25, 0.3) is 0 Å². The van der Waals surface area contributed by atoms with Crippen molar-refractivity contribution in [1.82, 2.24) is 19.8 Å². The Labute approximate surface area is 202 Å². The van der Waals surface area contributed by atoms with Crippen molar-refractivity contribution < 1.29 is 19.1 Å². The number of carbonyl (C=O) groups excluding carboxylic acids is 3. The van der Waals surface area contributed by atoms with Crippen molar-refractivity contribution in [3.8, 4) is 0 Å². The molecular formula is C25H25ClN4O4.